The SMILES string of the molecule is Nc1ncnc2c1nnn2C[C@@H]1O[C@H](CO)C[C@@H]1F. The molecule has 0 spiro atoms. The van der Waals surface area contributed by atoms with Crippen LogP contribution in [-0.2, 0) is 11.3 Å². The molecule has 2 aromatic rings. The third-order valence-electron chi connectivity index (χ3n) is 3.14. The summed E-state index contributed by atoms with van der Waals surface area (Å²) in [5.41, 5.74) is 6.47. The van der Waals surface area contributed by atoms with Crippen molar-refractivity contribution in [3.63, 3.8) is 0 Å². The van der Waals surface area contributed by atoms with E-state index in [1.807, 2.05) is 0 Å². The van der Waals surface area contributed by atoms with Crippen molar-refractivity contribution >= 4 is 17.0 Å². The number of aliphatic hydroxyl groups is 1. The number of fused-ring (bicyclic) bond motifs is 1. The summed E-state index contributed by atoms with van der Waals surface area (Å²) < 4.78 is 20.6. The zero-order valence-corrected chi connectivity index (χ0v) is 9.98. The van der Waals surface area contributed by atoms with Gasteiger partial charge < -0.3 is 15.6 Å². The minimum Gasteiger partial charge on any atom is -0.394 e. The Morgan fingerprint density at radius 2 is 2.37 bits per heavy atom. The molecule has 19 heavy (non-hydrogen) atoms. The lowest BCUT2D eigenvalue weighted by Crippen LogP contribution is -2.25. The largest absolute Gasteiger partial charge is 0.394 e. The maximum Gasteiger partial charge on any atom is 0.183 e. The van der Waals surface area contributed by atoms with Gasteiger partial charge in [0.25, 0.3) is 0 Å². The smallest absolute Gasteiger partial charge is 0.183 e. The van der Waals surface area contributed by atoms with Crippen LogP contribution < -0.4 is 5.73 Å². The molecule has 0 aliphatic carbocycles. The van der Waals surface area contributed by atoms with Crippen LogP contribution in [0.25, 0.3) is 11.2 Å². The van der Waals surface area contributed by atoms with Gasteiger partial charge in [0.05, 0.1) is 19.3 Å². The van der Waals surface area contributed by atoms with Crippen LogP contribution in [0.3, 0.4) is 0 Å². The summed E-state index contributed by atoms with van der Waals surface area (Å²) in [6.07, 6.45) is -0.787. The number of alkyl halides is 1. The molecule has 3 rings (SSSR count). The Labute approximate surface area is 107 Å². The van der Waals surface area contributed by atoms with E-state index in [9.17, 15) is 4.39 Å². The summed E-state index contributed by atoms with van der Waals surface area (Å²) in [6.45, 7) is -0.0191. The Morgan fingerprint density at radius 1 is 1.53 bits per heavy atom. The monoisotopic (exact) mass is 268 g/mol. The van der Waals surface area contributed by atoms with Gasteiger partial charge in [-0.2, -0.15) is 0 Å². The zero-order valence-electron chi connectivity index (χ0n) is 9.98. The van der Waals surface area contributed by atoms with E-state index in [1.165, 1.54) is 11.0 Å². The maximum atomic E-state index is 13.7. The average molecular weight is 268 g/mol. The lowest BCUT2D eigenvalue weighted by atomic mass is 10.1. The lowest BCUT2D eigenvalue weighted by Gasteiger charge is -2.12. The van der Waals surface area contributed by atoms with Crippen molar-refractivity contribution in [1.29, 1.82) is 0 Å². The molecule has 3 heterocycles. The van der Waals surface area contributed by atoms with Crippen LogP contribution in [0.15, 0.2) is 6.33 Å². The van der Waals surface area contributed by atoms with E-state index in [-0.39, 0.29) is 25.4 Å². The Hall–Kier alpha value is -1.87. The molecule has 8 nitrogen and oxygen atoms in total. The second kappa shape index (κ2) is 4.67. The standard InChI is InChI=1S/C10H13FN6O2/c11-6-1-5(3-18)19-7(6)2-17-10-8(15-16-17)9(12)13-4-14-10/h4-7,18H,1-3H2,(H2,12,13,14)/t5-,6-,7-/m0/s1. The highest BCUT2D eigenvalue weighted by Gasteiger charge is 2.35. The van der Waals surface area contributed by atoms with Crippen molar-refractivity contribution in [1.82, 2.24) is 25.0 Å². The highest BCUT2D eigenvalue weighted by atomic mass is 19.1. The van der Waals surface area contributed by atoms with Crippen molar-refractivity contribution in [3.05, 3.63) is 6.33 Å². The molecule has 1 saturated heterocycles. The molecule has 9 heteroatoms. The molecule has 0 amide bonds. The molecule has 1 aliphatic heterocycles. The third-order valence-corrected chi connectivity index (χ3v) is 3.14. The first-order valence-corrected chi connectivity index (χ1v) is 5.89. The molecule has 0 bridgehead atoms. The van der Waals surface area contributed by atoms with Gasteiger partial charge in [0.15, 0.2) is 17.0 Å². The number of aromatic nitrogens is 5. The molecule has 3 atom stereocenters. The van der Waals surface area contributed by atoms with Crippen LogP contribution >= 0.6 is 0 Å². The van der Waals surface area contributed by atoms with Gasteiger partial charge >= 0.3 is 0 Å². The van der Waals surface area contributed by atoms with Gasteiger partial charge in [-0.3, -0.25) is 0 Å². The van der Waals surface area contributed by atoms with E-state index in [1.54, 1.807) is 0 Å². The van der Waals surface area contributed by atoms with Crippen molar-refractivity contribution in [2.45, 2.75) is 31.3 Å². The summed E-state index contributed by atoms with van der Waals surface area (Å²) in [4.78, 5) is 7.83. The van der Waals surface area contributed by atoms with Gasteiger partial charge in [-0.05, 0) is 0 Å². The quantitative estimate of drug-likeness (QED) is 0.756. The number of hydrogen-bond donors (Lipinski definition) is 2. The predicted molar refractivity (Wildman–Crippen MR) is 62.8 cm³/mol. The minimum atomic E-state index is -1.14. The molecular weight excluding hydrogens is 255 g/mol. The van der Waals surface area contributed by atoms with Gasteiger partial charge in [0, 0.05) is 6.42 Å². The number of anilines is 1. The second-order valence-corrected chi connectivity index (χ2v) is 4.43. The number of rotatable bonds is 3. The molecule has 0 unspecified atom stereocenters. The van der Waals surface area contributed by atoms with Gasteiger partial charge in [0.2, 0.25) is 0 Å². The topological polar surface area (TPSA) is 112 Å². The number of ether oxygens (including phenoxy) is 1. The Balaban J connectivity index is 1.84. The summed E-state index contributed by atoms with van der Waals surface area (Å²) in [6, 6.07) is 0. The normalized spacial score (nSPS) is 27.2. The highest BCUT2D eigenvalue weighted by molar-refractivity contribution is 5.80. The number of hydrogen-bond acceptors (Lipinski definition) is 7. The van der Waals surface area contributed by atoms with Crippen molar-refractivity contribution in [2.24, 2.45) is 0 Å². The first kappa shape index (κ1) is 12.2. The number of nitrogens with two attached hydrogens (primary N) is 1. The summed E-state index contributed by atoms with van der Waals surface area (Å²) in [5, 5.41) is 16.7. The Morgan fingerprint density at radius 3 is 3.11 bits per heavy atom. The Bertz CT molecular complexity index is 590. The Kier molecular flexibility index (Phi) is 2.99. The number of nitrogen functional groups attached to an aromatic ring is 1. The molecule has 1 aliphatic rings. The van der Waals surface area contributed by atoms with Crippen LogP contribution in [0.4, 0.5) is 10.2 Å². The minimum absolute atomic E-state index is 0.171. The predicted octanol–water partition coefficient (Wildman–Crippen LogP) is -0.709. The van der Waals surface area contributed by atoms with Crippen molar-refractivity contribution in [2.75, 3.05) is 12.3 Å². The molecule has 0 saturated carbocycles. The third kappa shape index (κ3) is 2.10. The van der Waals surface area contributed by atoms with Gasteiger partial charge in [-0.1, -0.05) is 5.21 Å². The van der Waals surface area contributed by atoms with E-state index in [4.69, 9.17) is 15.6 Å². The molecule has 0 radical (unpaired) electrons. The molecule has 2 aromatic heterocycles. The summed E-state index contributed by atoms with van der Waals surface area (Å²) >= 11 is 0. The fourth-order valence-corrected chi connectivity index (χ4v) is 2.17. The fraction of sp³-hybridized carbons (Fsp3) is 0.600. The van der Waals surface area contributed by atoms with E-state index in [0.717, 1.165) is 0 Å². The van der Waals surface area contributed by atoms with E-state index in [2.05, 4.69) is 20.3 Å². The molecule has 102 valence electrons. The number of aliphatic hydroxyl groups excluding tert-OH is 1. The first-order valence-electron chi connectivity index (χ1n) is 5.89. The zero-order chi connectivity index (χ0) is 13.4. The van der Waals surface area contributed by atoms with E-state index < -0.39 is 18.4 Å². The highest BCUT2D eigenvalue weighted by Crippen LogP contribution is 2.25. The summed E-state index contributed by atoms with van der Waals surface area (Å²) in [7, 11) is 0. The van der Waals surface area contributed by atoms with Gasteiger partial charge in [-0.15, -0.1) is 5.10 Å². The molecule has 3 N–H and O–H groups in total. The summed E-state index contributed by atoms with van der Waals surface area (Å²) in [5.74, 6) is 0.230. The number of nitrogens with zero attached hydrogens (tertiary/aromatic N) is 5. The van der Waals surface area contributed by atoms with Crippen molar-refractivity contribution < 1.29 is 14.2 Å². The fourth-order valence-electron chi connectivity index (χ4n) is 2.17. The molecule has 1 fully saturated rings. The maximum absolute atomic E-state index is 13.7. The lowest BCUT2D eigenvalue weighted by molar-refractivity contribution is -0.00702. The van der Waals surface area contributed by atoms with Gasteiger partial charge in [0.1, 0.15) is 18.6 Å². The first-order chi connectivity index (χ1) is 9.19. The van der Waals surface area contributed by atoms with E-state index >= 15 is 0 Å². The van der Waals surface area contributed by atoms with Crippen LogP contribution in [0.5, 0.6) is 0 Å². The van der Waals surface area contributed by atoms with Crippen LogP contribution in [0, 0.1) is 0 Å². The molecule has 0 aromatic carbocycles. The second-order valence-electron chi connectivity index (χ2n) is 4.43. The van der Waals surface area contributed by atoms with Gasteiger partial charge in [-0.25, -0.2) is 19.0 Å². The van der Waals surface area contributed by atoms with Crippen LogP contribution in [0.1, 0.15) is 6.42 Å². The van der Waals surface area contributed by atoms with Crippen molar-refractivity contribution in [3.8, 4) is 0 Å². The van der Waals surface area contributed by atoms with E-state index in [0.29, 0.717) is 11.2 Å². The molecular formula is C10H13FN6O2. The number of halogens is 1. The van der Waals surface area contributed by atoms with Crippen LogP contribution in [-0.4, -0.2) is 55.1 Å². The van der Waals surface area contributed by atoms with Crippen LogP contribution in [0.2, 0.25) is 0 Å². The average Bonchev–Trinajstić information content (AvgIpc) is 2.96.